The Morgan fingerprint density at radius 1 is 1.35 bits per heavy atom. The average molecular weight is 354 g/mol. The average Bonchev–Trinajstić information content (AvgIpc) is 3.22. The van der Waals surface area contributed by atoms with Gasteiger partial charge in [-0.1, -0.05) is 27.5 Å². The molecule has 0 bridgehead atoms. The summed E-state index contributed by atoms with van der Waals surface area (Å²) in [6, 6.07) is 5.67. The van der Waals surface area contributed by atoms with Crippen LogP contribution < -0.4 is 11.1 Å². The number of nitrogens with two attached hydrogens (primary N) is 1. The fourth-order valence-corrected chi connectivity index (χ4v) is 2.64. The zero-order valence-electron chi connectivity index (χ0n) is 11.0. The van der Waals surface area contributed by atoms with Gasteiger partial charge in [0, 0.05) is 16.0 Å². The van der Waals surface area contributed by atoms with Crippen molar-refractivity contribution in [3.05, 3.63) is 39.1 Å². The van der Waals surface area contributed by atoms with E-state index < -0.39 is 0 Å². The minimum atomic E-state index is 0.457. The molecule has 3 rings (SSSR count). The van der Waals surface area contributed by atoms with Gasteiger partial charge in [0.2, 0.25) is 0 Å². The van der Waals surface area contributed by atoms with Crippen molar-refractivity contribution in [2.75, 3.05) is 11.1 Å². The maximum atomic E-state index is 6.22. The second-order valence-electron chi connectivity index (χ2n) is 4.96. The summed E-state index contributed by atoms with van der Waals surface area (Å²) >= 11 is 9.61. The van der Waals surface area contributed by atoms with Crippen molar-refractivity contribution < 1.29 is 0 Å². The van der Waals surface area contributed by atoms with Gasteiger partial charge in [-0.3, -0.25) is 0 Å². The van der Waals surface area contributed by atoms with Gasteiger partial charge in [-0.15, -0.1) is 0 Å². The number of aromatic nitrogens is 2. The molecule has 0 spiro atoms. The van der Waals surface area contributed by atoms with Gasteiger partial charge in [0.05, 0.1) is 10.7 Å². The molecule has 1 aromatic carbocycles. The molecule has 4 nitrogen and oxygen atoms in total. The van der Waals surface area contributed by atoms with Crippen LogP contribution in [0.2, 0.25) is 5.02 Å². The lowest BCUT2D eigenvalue weighted by atomic mass is 10.2. The highest BCUT2D eigenvalue weighted by Gasteiger charge is 2.28. The Bertz CT molecular complexity index is 670. The highest BCUT2D eigenvalue weighted by molar-refractivity contribution is 9.10. The molecule has 104 valence electrons. The summed E-state index contributed by atoms with van der Waals surface area (Å²) in [7, 11) is 0. The van der Waals surface area contributed by atoms with Crippen LogP contribution >= 0.6 is 27.5 Å². The Kier molecular flexibility index (Phi) is 3.56. The number of anilines is 3. The fraction of sp³-hybridized carbons (Fsp3) is 0.286. The van der Waals surface area contributed by atoms with Crippen molar-refractivity contribution in [1.29, 1.82) is 0 Å². The van der Waals surface area contributed by atoms with E-state index in [4.69, 9.17) is 17.3 Å². The maximum Gasteiger partial charge on any atom is 0.139 e. The first kappa shape index (κ1) is 13.6. The van der Waals surface area contributed by atoms with E-state index in [-0.39, 0.29) is 0 Å². The summed E-state index contributed by atoms with van der Waals surface area (Å²) in [5, 5.41) is 3.88. The molecule has 0 atom stereocenters. The van der Waals surface area contributed by atoms with Gasteiger partial charge in [-0.25, -0.2) is 9.97 Å². The molecule has 1 aliphatic carbocycles. The standard InChI is InChI=1S/C14H14BrClN4/c1-7-12(17)19-14(8-2-3-8)20-13(7)18-11-5-4-9(15)6-10(11)16/h4-6,8H,2-3H2,1H3,(H3,17,18,19,20). The Morgan fingerprint density at radius 2 is 2.10 bits per heavy atom. The smallest absolute Gasteiger partial charge is 0.139 e. The van der Waals surface area contributed by atoms with Crippen molar-refractivity contribution in [1.82, 2.24) is 9.97 Å². The van der Waals surface area contributed by atoms with E-state index in [1.54, 1.807) is 0 Å². The molecule has 1 fully saturated rings. The highest BCUT2D eigenvalue weighted by Crippen LogP contribution is 2.39. The van der Waals surface area contributed by atoms with E-state index in [1.807, 2.05) is 25.1 Å². The number of nitrogen functional groups attached to an aromatic ring is 1. The second-order valence-corrected chi connectivity index (χ2v) is 6.29. The maximum absolute atomic E-state index is 6.22. The van der Waals surface area contributed by atoms with Crippen molar-refractivity contribution in [3.63, 3.8) is 0 Å². The Hall–Kier alpha value is -1.33. The van der Waals surface area contributed by atoms with Crippen LogP contribution in [0, 0.1) is 6.92 Å². The van der Waals surface area contributed by atoms with E-state index in [9.17, 15) is 0 Å². The number of rotatable bonds is 3. The molecule has 1 aromatic heterocycles. The number of nitrogens with zero attached hydrogens (tertiary/aromatic N) is 2. The number of hydrogen-bond acceptors (Lipinski definition) is 4. The topological polar surface area (TPSA) is 63.8 Å². The number of benzene rings is 1. The molecular formula is C14H14BrClN4. The third-order valence-electron chi connectivity index (χ3n) is 3.33. The lowest BCUT2D eigenvalue weighted by molar-refractivity contribution is 0.928. The van der Waals surface area contributed by atoms with Crippen LogP contribution in [-0.2, 0) is 0 Å². The van der Waals surface area contributed by atoms with Gasteiger partial charge in [0.15, 0.2) is 0 Å². The molecule has 2 aromatic rings. The third-order valence-corrected chi connectivity index (χ3v) is 4.13. The lowest BCUT2D eigenvalue weighted by Gasteiger charge is -2.13. The summed E-state index contributed by atoms with van der Waals surface area (Å²) in [4.78, 5) is 8.94. The van der Waals surface area contributed by atoms with Crippen molar-refractivity contribution in [2.24, 2.45) is 0 Å². The van der Waals surface area contributed by atoms with E-state index >= 15 is 0 Å². The van der Waals surface area contributed by atoms with Gasteiger partial charge in [-0.2, -0.15) is 0 Å². The molecule has 1 aliphatic rings. The molecule has 20 heavy (non-hydrogen) atoms. The second kappa shape index (κ2) is 5.22. The van der Waals surface area contributed by atoms with E-state index in [2.05, 4.69) is 31.2 Å². The highest BCUT2D eigenvalue weighted by atomic mass is 79.9. The molecule has 0 radical (unpaired) electrons. The van der Waals surface area contributed by atoms with Crippen molar-refractivity contribution in [2.45, 2.75) is 25.7 Å². The van der Waals surface area contributed by atoms with Crippen LogP contribution in [0.5, 0.6) is 0 Å². The van der Waals surface area contributed by atoms with E-state index in [1.165, 1.54) is 0 Å². The molecule has 6 heteroatoms. The minimum Gasteiger partial charge on any atom is -0.383 e. The summed E-state index contributed by atoms with van der Waals surface area (Å²) in [6.45, 7) is 1.90. The monoisotopic (exact) mass is 352 g/mol. The van der Waals surface area contributed by atoms with Crippen LogP contribution in [0.15, 0.2) is 22.7 Å². The first-order valence-electron chi connectivity index (χ1n) is 6.40. The third kappa shape index (κ3) is 2.74. The normalized spacial score (nSPS) is 14.3. The summed E-state index contributed by atoms with van der Waals surface area (Å²) in [6.07, 6.45) is 2.28. The lowest BCUT2D eigenvalue weighted by Crippen LogP contribution is -2.06. The fourth-order valence-electron chi connectivity index (χ4n) is 1.92. The first-order valence-corrected chi connectivity index (χ1v) is 7.58. The van der Waals surface area contributed by atoms with Crippen LogP contribution in [0.1, 0.15) is 30.1 Å². The molecular weight excluding hydrogens is 340 g/mol. The summed E-state index contributed by atoms with van der Waals surface area (Å²) < 4.78 is 0.936. The van der Waals surface area contributed by atoms with Crippen molar-refractivity contribution >= 4 is 44.9 Å². The van der Waals surface area contributed by atoms with Crippen LogP contribution in [0.3, 0.4) is 0 Å². The van der Waals surface area contributed by atoms with Crippen molar-refractivity contribution in [3.8, 4) is 0 Å². The van der Waals surface area contributed by atoms with Crippen LogP contribution in [0.4, 0.5) is 17.3 Å². The molecule has 0 saturated heterocycles. The van der Waals surface area contributed by atoms with Gasteiger partial charge in [-0.05, 0) is 38.0 Å². The summed E-state index contributed by atoms with van der Waals surface area (Å²) in [5.74, 6) is 2.53. The van der Waals surface area contributed by atoms with Gasteiger partial charge >= 0.3 is 0 Å². The minimum absolute atomic E-state index is 0.457. The molecule has 0 amide bonds. The van der Waals surface area contributed by atoms with Gasteiger partial charge in [0.1, 0.15) is 17.5 Å². The van der Waals surface area contributed by atoms with E-state index in [0.29, 0.717) is 16.8 Å². The summed E-state index contributed by atoms with van der Waals surface area (Å²) in [5.41, 5.74) is 7.62. The Morgan fingerprint density at radius 3 is 2.75 bits per heavy atom. The number of halogens is 2. The largest absolute Gasteiger partial charge is 0.383 e. The quantitative estimate of drug-likeness (QED) is 0.858. The zero-order valence-corrected chi connectivity index (χ0v) is 13.3. The number of hydrogen-bond donors (Lipinski definition) is 2. The predicted molar refractivity (Wildman–Crippen MR) is 85.6 cm³/mol. The SMILES string of the molecule is Cc1c(N)nc(C2CC2)nc1Nc1ccc(Br)cc1Cl. The van der Waals surface area contributed by atoms with Crippen LogP contribution in [-0.4, -0.2) is 9.97 Å². The number of nitrogens with one attached hydrogen (secondary N) is 1. The van der Waals surface area contributed by atoms with Gasteiger partial charge < -0.3 is 11.1 Å². The van der Waals surface area contributed by atoms with E-state index in [0.717, 1.165) is 40.2 Å². The molecule has 1 saturated carbocycles. The Balaban J connectivity index is 1.97. The zero-order chi connectivity index (χ0) is 14.3. The van der Waals surface area contributed by atoms with Gasteiger partial charge in [0.25, 0.3) is 0 Å². The molecule has 3 N–H and O–H groups in total. The Labute approximate surface area is 130 Å². The van der Waals surface area contributed by atoms with Crippen LogP contribution in [0.25, 0.3) is 0 Å². The first-order chi connectivity index (χ1) is 9.54. The molecule has 1 heterocycles. The predicted octanol–water partition coefficient (Wildman–Crippen LogP) is 4.40. The molecule has 0 unspecified atom stereocenters. The molecule has 0 aliphatic heterocycles.